The summed E-state index contributed by atoms with van der Waals surface area (Å²) in [4.78, 5) is 10.9. The van der Waals surface area contributed by atoms with Crippen LogP contribution in [0.1, 0.15) is 5.56 Å². The molecular formula is C11H9BrO. The molecule has 2 heteroatoms. The Morgan fingerprint density at radius 2 is 2.08 bits per heavy atom. The molecule has 0 unspecified atom stereocenters. The summed E-state index contributed by atoms with van der Waals surface area (Å²) in [6.07, 6.45) is 4.54. The van der Waals surface area contributed by atoms with Crippen molar-refractivity contribution in [2.45, 2.75) is 0 Å². The standard InChI is InChI=1S/C11H9BrO/c1-2-10(13)8-7-9-5-3-4-6-11(9)12/h2-8H,1H2. The third-order valence-electron chi connectivity index (χ3n) is 1.53. The minimum Gasteiger partial charge on any atom is -0.290 e. The van der Waals surface area contributed by atoms with Gasteiger partial charge in [-0.15, -0.1) is 0 Å². The van der Waals surface area contributed by atoms with Gasteiger partial charge in [0.2, 0.25) is 0 Å². The molecule has 0 spiro atoms. The maximum Gasteiger partial charge on any atom is 0.178 e. The van der Waals surface area contributed by atoms with Gasteiger partial charge in [-0.05, 0) is 29.9 Å². The molecule has 0 aliphatic rings. The molecule has 0 amide bonds. The number of carbonyl (C=O) groups excluding carboxylic acids is 1. The molecule has 0 fully saturated rings. The number of benzene rings is 1. The van der Waals surface area contributed by atoms with Crippen LogP contribution in [-0.4, -0.2) is 5.78 Å². The average Bonchev–Trinajstić information content (AvgIpc) is 2.16. The molecule has 0 saturated heterocycles. The van der Waals surface area contributed by atoms with Gasteiger partial charge >= 0.3 is 0 Å². The predicted octanol–water partition coefficient (Wildman–Crippen LogP) is 3.22. The molecule has 0 aliphatic heterocycles. The second-order valence-corrected chi connectivity index (χ2v) is 3.32. The highest BCUT2D eigenvalue weighted by Gasteiger charge is 1.93. The third-order valence-corrected chi connectivity index (χ3v) is 2.26. The Balaban J connectivity index is 2.85. The molecule has 0 aliphatic carbocycles. The molecule has 0 saturated carbocycles. The van der Waals surface area contributed by atoms with Gasteiger partial charge < -0.3 is 0 Å². The van der Waals surface area contributed by atoms with Crippen molar-refractivity contribution < 1.29 is 4.79 Å². The molecule has 0 N–H and O–H groups in total. The van der Waals surface area contributed by atoms with Crippen molar-refractivity contribution in [1.29, 1.82) is 0 Å². The van der Waals surface area contributed by atoms with E-state index in [4.69, 9.17) is 0 Å². The molecule has 0 heterocycles. The van der Waals surface area contributed by atoms with E-state index in [1.807, 2.05) is 24.3 Å². The summed E-state index contributed by atoms with van der Waals surface area (Å²) in [5.74, 6) is -0.0873. The first-order valence-corrected chi connectivity index (χ1v) is 4.62. The lowest BCUT2D eigenvalue weighted by molar-refractivity contribution is -0.110. The highest BCUT2D eigenvalue weighted by molar-refractivity contribution is 9.10. The van der Waals surface area contributed by atoms with Gasteiger partial charge in [0.05, 0.1) is 0 Å². The van der Waals surface area contributed by atoms with E-state index in [1.165, 1.54) is 12.2 Å². The smallest absolute Gasteiger partial charge is 0.178 e. The maximum absolute atomic E-state index is 10.9. The van der Waals surface area contributed by atoms with Crippen LogP contribution in [-0.2, 0) is 4.79 Å². The van der Waals surface area contributed by atoms with Crippen LogP contribution in [0.4, 0.5) is 0 Å². The van der Waals surface area contributed by atoms with Gasteiger partial charge in [0.1, 0.15) is 0 Å². The highest BCUT2D eigenvalue weighted by atomic mass is 79.9. The van der Waals surface area contributed by atoms with Gasteiger partial charge in [0, 0.05) is 4.47 Å². The molecular weight excluding hydrogens is 228 g/mol. The van der Waals surface area contributed by atoms with Crippen molar-refractivity contribution in [3.8, 4) is 0 Å². The van der Waals surface area contributed by atoms with E-state index < -0.39 is 0 Å². The molecule has 0 bridgehead atoms. The van der Waals surface area contributed by atoms with Crippen LogP contribution in [0.3, 0.4) is 0 Å². The first-order chi connectivity index (χ1) is 6.24. The SMILES string of the molecule is C=CC(=O)C=Cc1ccccc1Br. The molecule has 1 aromatic carbocycles. The van der Waals surface area contributed by atoms with Crippen molar-refractivity contribution in [2.24, 2.45) is 0 Å². The summed E-state index contributed by atoms with van der Waals surface area (Å²) in [7, 11) is 0. The Hall–Kier alpha value is -1.15. The van der Waals surface area contributed by atoms with Crippen LogP contribution in [0.15, 0.2) is 47.5 Å². The van der Waals surface area contributed by atoms with Crippen LogP contribution in [0.2, 0.25) is 0 Å². The van der Waals surface area contributed by atoms with Crippen LogP contribution in [0, 0.1) is 0 Å². The topological polar surface area (TPSA) is 17.1 Å². The fraction of sp³-hybridized carbons (Fsp3) is 0. The number of hydrogen-bond acceptors (Lipinski definition) is 1. The van der Waals surface area contributed by atoms with Crippen molar-refractivity contribution in [1.82, 2.24) is 0 Å². The second-order valence-electron chi connectivity index (χ2n) is 2.46. The second kappa shape index (κ2) is 4.77. The predicted molar refractivity (Wildman–Crippen MR) is 58.4 cm³/mol. The van der Waals surface area contributed by atoms with E-state index in [0.29, 0.717) is 0 Å². The maximum atomic E-state index is 10.9. The number of rotatable bonds is 3. The number of allylic oxidation sites excluding steroid dienone is 2. The average molecular weight is 237 g/mol. The molecule has 1 nitrogen and oxygen atoms in total. The Morgan fingerprint density at radius 1 is 1.38 bits per heavy atom. The summed E-state index contributed by atoms with van der Waals surface area (Å²) >= 11 is 3.38. The normalized spacial score (nSPS) is 10.2. The lowest BCUT2D eigenvalue weighted by Crippen LogP contribution is -1.83. The summed E-state index contributed by atoms with van der Waals surface area (Å²) in [5, 5.41) is 0. The Kier molecular flexibility index (Phi) is 3.65. The van der Waals surface area contributed by atoms with Crippen molar-refractivity contribution in [3.63, 3.8) is 0 Å². The minimum atomic E-state index is -0.0873. The largest absolute Gasteiger partial charge is 0.290 e. The van der Waals surface area contributed by atoms with E-state index >= 15 is 0 Å². The zero-order chi connectivity index (χ0) is 9.68. The van der Waals surface area contributed by atoms with E-state index in [-0.39, 0.29) is 5.78 Å². The van der Waals surface area contributed by atoms with Gasteiger partial charge in [-0.3, -0.25) is 4.79 Å². The highest BCUT2D eigenvalue weighted by Crippen LogP contribution is 2.16. The molecule has 0 radical (unpaired) electrons. The molecule has 1 rings (SSSR count). The number of carbonyl (C=O) groups is 1. The van der Waals surface area contributed by atoms with Gasteiger partial charge in [-0.2, -0.15) is 0 Å². The van der Waals surface area contributed by atoms with Crippen molar-refractivity contribution in [2.75, 3.05) is 0 Å². The Labute approximate surface area is 85.9 Å². The summed E-state index contributed by atoms with van der Waals surface area (Å²) < 4.78 is 0.975. The lowest BCUT2D eigenvalue weighted by Gasteiger charge is -1.95. The molecule has 0 aromatic heterocycles. The minimum absolute atomic E-state index is 0.0873. The monoisotopic (exact) mass is 236 g/mol. The van der Waals surface area contributed by atoms with Crippen LogP contribution < -0.4 is 0 Å². The fourth-order valence-corrected chi connectivity index (χ4v) is 1.27. The summed E-state index contributed by atoms with van der Waals surface area (Å²) in [6, 6.07) is 7.70. The van der Waals surface area contributed by atoms with Gasteiger partial charge in [-0.1, -0.05) is 40.7 Å². The van der Waals surface area contributed by atoms with Crippen LogP contribution >= 0.6 is 15.9 Å². The number of ketones is 1. The number of hydrogen-bond donors (Lipinski definition) is 0. The van der Waals surface area contributed by atoms with E-state index in [0.717, 1.165) is 10.0 Å². The van der Waals surface area contributed by atoms with E-state index in [2.05, 4.69) is 22.5 Å². The van der Waals surface area contributed by atoms with Gasteiger partial charge in [0.25, 0.3) is 0 Å². The van der Waals surface area contributed by atoms with Gasteiger partial charge in [0.15, 0.2) is 5.78 Å². The zero-order valence-electron chi connectivity index (χ0n) is 7.03. The first kappa shape index (κ1) is 9.93. The molecule has 13 heavy (non-hydrogen) atoms. The van der Waals surface area contributed by atoms with Crippen molar-refractivity contribution >= 4 is 27.8 Å². The third kappa shape index (κ3) is 2.99. The van der Waals surface area contributed by atoms with Gasteiger partial charge in [-0.25, -0.2) is 0 Å². The van der Waals surface area contributed by atoms with E-state index in [9.17, 15) is 4.79 Å². The fourth-order valence-electron chi connectivity index (χ4n) is 0.850. The lowest BCUT2D eigenvalue weighted by atomic mass is 10.2. The number of halogens is 1. The molecule has 66 valence electrons. The summed E-state index contributed by atoms with van der Waals surface area (Å²) in [5.41, 5.74) is 0.984. The zero-order valence-corrected chi connectivity index (χ0v) is 8.62. The molecule has 1 aromatic rings. The first-order valence-electron chi connectivity index (χ1n) is 3.83. The molecule has 0 atom stereocenters. The Bertz CT molecular complexity index is 353. The van der Waals surface area contributed by atoms with Crippen LogP contribution in [0.25, 0.3) is 6.08 Å². The van der Waals surface area contributed by atoms with Crippen molar-refractivity contribution in [3.05, 3.63) is 53.0 Å². The van der Waals surface area contributed by atoms with Crippen LogP contribution in [0.5, 0.6) is 0 Å². The Morgan fingerprint density at radius 3 is 2.69 bits per heavy atom. The quantitative estimate of drug-likeness (QED) is 0.737. The summed E-state index contributed by atoms with van der Waals surface area (Å²) in [6.45, 7) is 3.38. The van der Waals surface area contributed by atoms with E-state index in [1.54, 1.807) is 6.08 Å².